The number of guanidine groups is 1. The number of benzene rings is 1. The van der Waals surface area contributed by atoms with Crippen molar-refractivity contribution in [1.29, 1.82) is 0 Å². The largest absolute Gasteiger partial charge is 0.357 e. The fourth-order valence-corrected chi connectivity index (χ4v) is 3.28. The van der Waals surface area contributed by atoms with Crippen molar-refractivity contribution in [3.05, 3.63) is 35.4 Å². The summed E-state index contributed by atoms with van der Waals surface area (Å²) < 4.78 is 0. The summed E-state index contributed by atoms with van der Waals surface area (Å²) in [5.41, 5.74) is 2.60. The first-order chi connectivity index (χ1) is 11.7. The minimum absolute atomic E-state index is 0. The highest BCUT2D eigenvalue weighted by atomic mass is 127. The zero-order valence-corrected chi connectivity index (χ0v) is 18.4. The lowest BCUT2D eigenvalue weighted by molar-refractivity contribution is 0.187. The molecule has 0 aliphatic carbocycles. The third-order valence-corrected chi connectivity index (χ3v) is 5.01. The van der Waals surface area contributed by atoms with Gasteiger partial charge < -0.3 is 15.5 Å². The van der Waals surface area contributed by atoms with Gasteiger partial charge in [0.05, 0.1) is 6.54 Å². The number of aliphatic imine (C=N–C) groups is 1. The van der Waals surface area contributed by atoms with E-state index in [1.165, 1.54) is 50.0 Å². The quantitative estimate of drug-likeness (QED) is 0.371. The van der Waals surface area contributed by atoms with Gasteiger partial charge in [0.1, 0.15) is 0 Å². The molecule has 1 aliphatic heterocycles. The van der Waals surface area contributed by atoms with Crippen molar-refractivity contribution >= 4 is 29.9 Å². The Balaban J connectivity index is 0.00000312. The van der Waals surface area contributed by atoms with Gasteiger partial charge in [-0.1, -0.05) is 31.2 Å². The van der Waals surface area contributed by atoms with Crippen LogP contribution in [0, 0.1) is 12.8 Å². The maximum Gasteiger partial charge on any atom is 0.191 e. The maximum absolute atomic E-state index is 4.74. The predicted octanol–water partition coefficient (Wildman–Crippen LogP) is 3.79. The highest BCUT2D eigenvalue weighted by molar-refractivity contribution is 14.0. The Hall–Kier alpha value is -0.820. The lowest BCUT2D eigenvalue weighted by atomic mass is 9.93. The summed E-state index contributed by atoms with van der Waals surface area (Å²) in [5, 5.41) is 6.87. The molecule has 0 aromatic heterocycles. The van der Waals surface area contributed by atoms with Crippen molar-refractivity contribution in [3.8, 4) is 0 Å². The topological polar surface area (TPSA) is 39.7 Å². The van der Waals surface area contributed by atoms with Crippen LogP contribution in [0.5, 0.6) is 0 Å². The van der Waals surface area contributed by atoms with E-state index >= 15 is 0 Å². The second-order valence-electron chi connectivity index (χ2n) is 6.71. The number of aryl methyl sites for hydroxylation is 1. The zero-order chi connectivity index (χ0) is 17.2. The number of likely N-dealkylation sites (tertiary alicyclic amines) is 1. The summed E-state index contributed by atoms with van der Waals surface area (Å²) in [4.78, 5) is 7.29. The molecule has 0 radical (unpaired) electrons. The summed E-state index contributed by atoms with van der Waals surface area (Å²) in [7, 11) is 0. The second-order valence-corrected chi connectivity index (χ2v) is 6.71. The average Bonchev–Trinajstić information content (AvgIpc) is 2.61. The summed E-state index contributed by atoms with van der Waals surface area (Å²) in [5.74, 6) is 1.80. The van der Waals surface area contributed by atoms with Gasteiger partial charge in [0.2, 0.25) is 0 Å². The van der Waals surface area contributed by atoms with Crippen LogP contribution in [0.1, 0.15) is 44.2 Å². The standard InChI is InChI=1S/C20H34N4.HI/c1-4-21-20(23-16-19-9-7-6-8-17(19)3)22-13-10-18-11-14-24(5-2)15-12-18;/h6-9,18H,4-5,10-16H2,1-3H3,(H2,21,22,23);1H. The molecule has 0 spiro atoms. The van der Waals surface area contributed by atoms with Crippen LogP contribution in [0.15, 0.2) is 29.3 Å². The third kappa shape index (κ3) is 7.94. The first-order valence-corrected chi connectivity index (χ1v) is 9.52. The lowest BCUT2D eigenvalue weighted by Gasteiger charge is -2.31. The molecule has 0 atom stereocenters. The molecule has 2 rings (SSSR count). The molecule has 1 saturated heterocycles. The number of nitrogens with zero attached hydrogens (tertiary/aromatic N) is 2. The molecule has 1 heterocycles. The van der Waals surface area contributed by atoms with Crippen LogP contribution in [0.2, 0.25) is 0 Å². The molecule has 1 fully saturated rings. The Morgan fingerprint density at radius 3 is 2.52 bits per heavy atom. The van der Waals surface area contributed by atoms with Crippen LogP contribution in [0.25, 0.3) is 0 Å². The SMILES string of the molecule is CCNC(=NCc1ccccc1C)NCCC1CCN(CC)CC1.I. The van der Waals surface area contributed by atoms with Crippen LogP contribution >= 0.6 is 24.0 Å². The van der Waals surface area contributed by atoms with Crippen molar-refractivity contribution in [2.24, 2.45) is 10.9 Å². The van der Waals surface area contributed by atoms with Gasteiger partial charge in [-0.2, -0.15) is 0 Å². The highest BCUT2D eigenvalue weighted by Gasteiger charge is 2.17. The van der Waals surface area contributed by atoms with Gasteiger partial charge >= 0.3 is 0 Å². The fraction of sp³-hybridized carbons (Fsp3) is 0.650. The molecule has 1 aliphatic rings. The second kappa shape index (κ2) is 12.5. The zero-order valence-electron chi connectivity index (χ0n) is 16.1. The van der Waals surface area contributed by atoms with Crippen molar-refractivity contribution in [2.45, 2.75) is 46.6 Å². The van der Waals surface area contributed by atoms with E-state index in [0.29, 0.717) is 0 Å². The summed E-state index contributed by atoms with van der Waals surface area (Å²) in [6, 6.07) is 8.47. The Morgan fingerprint density at radius 2 is 1.88 bits per heavy atom. The van der Waals surface area contributed by atoms with E-state index in [9.17, 15) is 0 Å². The number of hydrogen-bond acceptors (Lipinski definition) is 2. The van der Waals surface area contributed by atoms with E-state index in [1.54, 1.807) is 0 Å². The Morgan fingerprint density at radius 1 is 1.16 bits per heavy atom. The molecule has 2 N–H and O–H groups in total. The number of nitrogens with one attached hydrogen (secondary N) is 2. The summed E-state index contributed by atoms with van der Waals surface area (Å²) in [6.45, 7) is 12.9. The monoisotopic (exact) mass is 458 g/mol. The van der Waals surface area contributed by atoms with Crippen molar-refractivity contribution < 1.29 is 0 Å². The molecule has 4 nitrogen and oxygen atoms in total. The molecular formula is C20H35IN4. The minimum Gasteiger partial charge on any atom is -0.357 e. The Labute approximate surface area is 170 Å². The van der Waals surface area contributed by atoms with Gasteiger partial charge in [0, 0.05) is 13.1 Å². The van der Waals surface area contributed by atoms with Gasteiger partial charge in [0.25, 0.3) is 0 Å². The first-order valence-electron chi connectivity index (χ1n) is 9.52. The van der Waals surface area contributed by atoms with Crippen LogP contribution in [-0.4, -0.2) is 43.6 Å². The minimum atomic E-state index is 0. The molecule has 1 aromatic rings. The molecule has 142 valence electrons. The van der Waals surface area contributed by atoms with Crippen molar-refractivity contribution in [1.82, 2.24) is 15.5 Å². The first kappa shape index (κ1) is 22.2. The molecule has 25 heavy (non-hydrogen) atoms. The summed E-state index contributed by atoms with van der Waals surface area (Å²) in [6.07, 6.45) is 3.92. The van der Waals surface area contributed by atoms with Crippen molar-refractivity contribution in [3.63, 3.8) is 0 Å². The normalized spacial score (nSPS) is 16.4. The van der Waals surface area contributed by atoms with Crippen molar-refractivity contribution in [2.75, 3.05) is 32.7 Å². The lowest BCUT2D eigenvalue weighted by Crippen LogP contribution is -2.39. The Bertz CT molecular complexity index is 510. The average molecular weight is 458 g/mol. The highest BCUT2D eigenvalue weighted by Crippen LogP contribution is 2.19. The summed E-state index contributed by atoms with van der Waals surface area (Å²) >= 11 is 0. The van der Waals surface area contributed by atoms with Gasteiger partial charge in [-0.05, 0) is 69.8 Å². The van der Waals surface area contributed by atoms with E-state index in [4.69, 9.17) is 4.99 Å². The van der Waals surface area contributed by atoms with E-state index in [-0.39, 0.29) is 24.0 Å². The van der Waals surface area contributed by atoms with E-state index in [0.717, 1.165) is 31.5 Å². The molecular weight excluding hydrogens is 423 g/mol. The third-order valence-electron chi connectivity index (χ3n) is 5.01. The number of piperidine rings is 1. The van der Waals surface area contributed by atoms with Crippen LogP contribution in [-0.2, 0) is 6.54 Å². The molecule has 1 aromatic carbocycles. The smallest absolute Gasteiger partial charge is 0.191 e. The van der Waals surface area contributed by atoms with Crippen LogP contribution in [0.4, 0.5) is 0 Å². The molecule has 0 saturated carbocycles. The molecule has 0 unspecified atom stereocenters. The number of halogens is 1. The molecule has 0 amide bonds. The van der Waals surface area contributed by atoms with Gasteiger partial charge in [-0.15, -0.1) is 24.0 Å². The van der Waals surface area contributed by atoms with E-state index in [1.807, 2.05) is 0 Å². The maximum atomic E-state index is 4.74. The van der Waals surface area contributed by atoms with Gasteiger partial charge in [-0.3, -0.25) is 0 Å². The molecule has 5 heteroatoms. The predicted molar refractivity (Wildman–Crippen MR) is 119 cm³/mol. The van der Waals surface area contributed by atoms with E-state index in [2.05, 4.69) is 60.6 Å². The number of hydrogen-bond donors (Lipinski definition) is 2. The fourth-order valence-electron chi connectivity index (χ4n) is 3.28. The van der Waals surface area contributed by atoms with E-state index < -0.39 is 0 Å². The number of rotatable bonds is 7. The van der Waals surface area contributed by atoms with Crippen LogP contribution < -0.4 is 10.6 Å². The van der Waals surface area contributed by atoms with Crippen LogP contribution in [0.3, 0.4) is 0 Å². The Kier molecular flexibility index (Phi) is 11.1. The van der Waals surface area contributed by atoms with Gasteiger partial charge in [0.15, 0.2) is 5.96 Å². The van der Waals surface area contributed by atoms with Gasteiger partial charge in [-0.25, -0.2) is 4.99 Å². The molecule has 0 bridgehead atoms.